The highest BCUT2D eigenvalue weighted by Crippen LogP contribution is 2.40. The van der Waals surface area contributed by atoms with Crippen molar-refractivity contribution in [2.24, 2.45) is 13.0 Å². The van der Waals surface area contributed by atoms with Crippen LogP contribution in [-0.2, 0) is 7.05 Å². The third-order valence-electron chi connectivity index (χ3n) is 6.56. The van der Waals surface area contributed by atoms with Gasteiger partial charge in [-0.25, -0.2) is 9.50 Å². The number of amides is 1. The molecule has 1 fully saturated rings. The number of benzene rings is 1. The van der Waals surface area contributed by atoms with Crippen molar-refractivity contribution in [3.63, 3.8) is 0 Å². The minimum atomic E-state index is -3.06. The molecule has 0 radical (unpaired) electrons. The zero-order valence-corrected chi connectivity index (χ0v) is 21.0. The lowest BCUT2D eigenvalue weighted by atomic mass is 9.82. The fraction of sp³-hybridized carbons (Fsp3) is 0.269. The number of hydrogen-bond acceptors (Lipinski definition) is 7. The molecule has 4 aromatic heterocycles. The second kappa shape index (κ2) is 9.82. The predicted molar refractivity (Wildman–Crippen MR) is 136 cm³/mol. The van der Waals surface area contributed by atoms with Gasteiger partial charge < -0.3 is 14.8 Å². The highest BCUT2D eigenvalue weighted by molar-refractivity contribution is 6.09. The maximum atomic E-state index is 13.3. The standard InChI is InChI=1S/C26H24F2N8O3/c1-15-8-16(9-15)36-13-18(11-30-36)38-17-4-5-22(39-26(27)28)19(10-17)23-21(14-34(2)33-23)32-25(37)20-12-31-35-7-3-6-29-24(20)35/h3-7,10-16,26H,8-9H2,1-2H3,(H,32,37). The van der Waals surface area contributed by atoms with E-state index in [9.17, 15) is 13.6 Å². The van der Waals surface area contributed by atoms with E-state index in [2.05, 4.69) is 32.5 Å². The summed E-state index contributed by atoms with van der Waals surface area (Å²) in [6, 6.07) is 6.48. The Bertz CT molecular complexity index is 1650. The Hall–Kier alpha value is -4.81. The molecule has 0 saturated heterocycles. The maximum Gasteiger partial charge on any atom is 0.387 e. The second-order valence-electron chi connectivity index (χ2n) is 9.49. The van der Waals surface area contributed by atoms with Crippen molar-refractivity contribution in [3.8, 4) is 28.5 Å². The molecule has 13 heteroatoms. The van der Waals surface area contributed by atoms with Crippen LogP contribution in [0.5, 0.6) is 17.2 Å². The first-order valence-electron chi connectivity index (χ1n) is 12.3. The Balaban J connectivity index is 1.31. The van der Waals surface area contributed by atoms with Crippen molar-refractivity contribution in [3.05, 3.63) is 67.0 Å². The number of aromatic nitrogens is 7. The summed E-state index contributed by atoms with van der Waals surface area (Å²) in [5, 5.41) is 15.7. The number of nitrogens with zero attached hydrogens (tertiary/aromatic N) is 7. The van der Waals surface area contributed by atoms with Gasteiger partial charge in [-0.3, -0.25) is 14.2 Å². The number of aryl methyl sites for hydroxylation is 1. The van der Waals surface area contributed by atoms with E-state index in [1.807, 2.05) is 10.9 Å². The summed E-state index contributed by atoms with van der Waals surface area (Å²) in [5.41, 5.74) is 1.32. The molecular formula is C26H24F2N8O3. The number of fused-ring (bicyclic) bond motifs is 1. The van der Waals surface area contributed by atoms with Crippen LogP contribution in [0.2, 0.25) is 0 Å². The summed E-state index contributed by atoms with van der Waals surface area (Å²) in [4.78, 5) is 17.3. The summed E-state index contributed by atoms with van der Waals surface area (Å²) < 4.78 is 42.2. The van der Waals surface area contributed by atoms with E-state index < -0.39 is 12.5 Å². The Morgan fingerprint density at radius 1 is 1.15 bits per heavy atom. The molecule has 0 aliphatic heterocycles. The van der Waals surface area contributed by atoms with Gasteiger partial charge in [0, 0.05) is 25.6 Å². The number of hydrogen-bond donors (Lipinski definition) is 1. The van der Waals surface area contributed by atoms with E-state index in [4.69, 9.17) is 9.47 Å². The summed E-state index contributed by atoms with van der Waals surface area (Å²) in [5.74, 6) is 0.939. The van der Waals surface area contributed by atoms with Crippen molar-refractivity contribution < 1.29 is 23.0 Å². The lowest BCUT2D eigenvalue weighted by molar-refractivity contribution is -0.0494. The Kier molecular flexibility index (Phi) is 6.17. The Labute approximate surface area is 221 Å². The molecule has 4 heterocycles. The van der Waals surface area contributed by atoms with E-state index >= 15 is 0 Å². The molecule has 1 amide bonds. The molecule has 200 valence electrons. The lowest BCUT2D eigenvalue weighted by Crippen LogP contribution is -2.24. The quantitative estimate of drug-likeness (QED) is 0.300. The molecule has 0 spiro atoms. The van der Waals surface area contributed by atoms with E-state index in [0.717, 1.165) is 12.8 Å². The van der Waals surface area contributed by atoms with Gasteiger partial charge in [-0.05, 0) is 43.0 Å². The van der Waals surface area contributed by atoms with Crippen molar-refractivity contribution in [1.82, 2.24) is 34.2 Å². The number of alkyl halides is 2. The summed E-state index contributed by atoms with van der Waals surface area (Å²) in [6.45, 7) is -0.865. The summed E-state index contributed by atoms with van der Waals surface area (Å²) in [7, 11) is 1.65. The Morgan fingerprint density at radius 2 is 2.00 bits per heavy atom. The van der Waals surface area contributed by atoms with Gasteiger partial charge in [0.1, 0.15) is 22.8 Å². The van der Waals surface area contributed by atoms with Gasteiger partial charge in [0.05, 0.1) is 35.9 Å². The van der Waals surface area contributed by atoms with E-state index in [-0.39, 0.29) is 28.3 Å². The molecule has 1 aliphatic carbocycles. The first kappa shape index (κ1) is 24.5. The second-order valence-corrected chi connectivity index (χ2v) is 9.49. The molecule has 1 saturated carbocycles. The lowest BCUT2D eigenvalue weighted by Gasteiger charge is -2.32. The SMILES string of the molecule is CC1CC(n2cc(Oc3ccc(OC(F)F)c(-c4nn(C)cc4NC(=O)c4cnn5cccnc45)c3)cn2)C1. The van der Waals surface area contributed by atoms with Crippen LogP contribution in [0.4, 0.5) is 14.5 Å². The topological polar surface area (TPSA) is 113 Å². The van der Waals surface area contributed by atoms with Crippen LogP contribution in [0.1, 0.15) is 36.2 Å². The number of ether oxygens (including phenoxy) is 2. The summed E-state index contributed by atoms with van der Waals surface area (Å²) in [6.07, 6.45) is 11.7. The van der Waals surface area contributed by atoms with Crippen molar-refractivity contribution >= 4 is 17.2 Å². The molecule has 0 atom stereocenters. The normalized spacial score (nSPS) is 16.8. The third-order valence-corrected chi connectivity index (χ3v) is 6.56. The molecular weight excluding hydrogens is 510 g/mol. The minimum Gasteiger partial charge on any atom is -0.454 e. The van der Waals surface area contributed by atoms with Gasteiger partial charge in [0.25, 0.3) is 5.91 Å². The van der Waals surface area contributed by atoms with Crippen LogP contribution >= 0.6 is 0 Å². The molecule has 0 unspecified atom stereocenters. The zero-order valence-electron chi connectivity index (χ0n) is 21.0. The fourth-order valence-corrected chi connectivity index (χ4v) is 4.70. The van der Waals surface area contributed by atoms with Crippen LogP contribution in [0.15, 0.2) is 61.4 Å². The van der Waals surface area contributed by atoms with E-state index in [0.29, 0.717) is 29.1 Å². The van der Waals surface area contributed by atoms with Gasteiger partial charge in [-0.1, -0.05) is 6.92 Å². The molecule has 39 heavy (non-hydrogen) atoms. The van der Waals surface area contributed by atoms with Gasteiger partial charge in [0.15, 0.2) is 11.4 Å². The van der Waals surface area contributed by atoms with Gasteiger partial charge in [-0.15, -0.1) is 0 Å². The van der Waals surface area contributed by atoms with Crippen LogP contribution in [0.3, 0.4) is 0 Å². The number of nitrogens with one attached hydrogen (secondary N) is 1. The van der Waals surface area contributed by atoms with Crippen LogP contribution in [0.25, 0.3) is 16.9 Å². The average molecular weight is 535 g/mol. The van der Waals surface area contributed by atoms with Crippen molar-refractivity contribution in [2.45, 2.75) is 32.4 Å². The third kappa shape index (κ3) is 4.90. The highest BCUT2D eigenvalue weighted by Gasteiger charge is 2.28. The number of anilines is 1. The number of carbonyl (C=O) groups excluding carboxylic acids is 1. The van der Waals surface area contributed by atoms with Crippen LogP contribution in [0, 0.1) is 5.92 Å². The number of carbonyl (C=O) groups is 1. The average Bonchev–Trinajstić information content (AvgIpc) is 3.61. The molecule has 1 aromatic carbocycles. The summed E-state index contributed by atoms with van der Waals surface area (Å²) >= 11 is 0. The first-order chi connectivity index (χ1) is 18.8. The highest BCUT2D eigenvalue weighted by atomic mass is 19.3. The van der Waals surface area contributed by atoms with Crippen LogP contribution in [-0.4, -0.2) is 46.7 Å². The van der Waals surface area contributed by atoms with Gasteiger partial charge >= 0.3 is 6.61 Å². The predicted octanol–water partition coefficient (Wildman–Crippen LogP) is 4.94. The minimum absolute atomic E-state index is 0.122. The largest absolute Gasteiger partial charge is 0.454 e. The molecule has 1 N–H and O–H groups in total. The Morgan fingerprint density at radius 3 is 2.79 bits per heavy atom. The maximum absolute atomic E-state index is 13.3. The monoisotopic (exact) mass is 534 g/mol. The smallest absolute Gasteiger partial charge is 0.387 e. The number of rotatable bonds is 8. The zero-order chi connectivity index (χ0) is 27.1. The van der Waals surface area contributed by atoms with E-state index in [1.54, 1.807) is 37.9 Å². The van der Waals surface area contributed by atoms with Gasteiger partial charge in [-0.2, -0.15) is 24.1 Å². The van der Waals surface area contributed by atoms with Gasteiger partial charge in [0.2, 0.25) is 0 Å². The molecule has 0 bridgehead atoms. The molecule has 6 rings (SSSR count). The van der Waals surface area contributed by atoms with Crippen LogP contribution < -0.4 is 14.8 Å². The molecule has 1 aliphatic rings. The first-order valence-corrected chi connectivity index (χ1v) is 12.3. The fourth-order valence-electron chi connectivity index (χ4n) is 4.70. The number of halogens is 2. The van der Waals surface area contributed by atoms with E-state index in [1.165, 1.54) is 33.6 Å². The molecule has 11 nitrogen and oxygen atoms in total. The van der Waals surface area contributed by atoms with Crippen molar-refractivity contribution in [2.75, 3.05) is 5.32 Å². The molecule has 5 aromatic rings. The van der Waals surface area contributed by atoms with Crippen molar-refractivity contribution in [1.29, 1.82) is 0 Å².